The molecule has 1 amide bonds. The summed E-state index contributed by atoms with van der Waals surface area (Å²) < 4.78 is 0. The van der Waals surface area contributed by atoms with Crippen LogP contribution in [0.15, 0.2) is 0 Å². The van der Waals surface area contributed by atoms with Gasteiger partial charge in [-0.3, -0.25) is 4.79 Å². The zero-order chi connectivity index (χ0) is 9.47. The predicted octanol–water partition coefficient (Wildman–Crippen LogP) is 2.19. The van der Waals surface area contributed by atoms with Gasteiger partial charge in [-0.05, 0) is 32.6 Å². The van der Waals surface area contributed by atoms with Gasteiger partial charge in [-0.1, -0.05) is 12.8 Å². The van der Waals surface area contributed by atoms with Crippen LogP contribution in [0.4, 0.5) is 0 Å². The summed E-state index contributed by atoms with van der Waals surface area (Å²) in [7, 11) is 1.96. The fraction of sp³-hybridized carbons (Fsp3) is 0.909. The van der Waals surface area contributed by atoms with Crippen LogP contribution in [-0.4, -0.2) is 23.9 Å². The standard InChI is InChI=1S/C11H19NO/c1-9-5-8-11(6-3-4-7-11)10(13)12(9)2/h9H,3-8H2,1-2H3. The lowest BCUT2D eigenvalue weighted by Crippen LogP contribution is -2.49. The number of carbonyl (C=O) groups excluding carboxylic acids is 1. The van der Waals surface area contributed by atoms with Gasteiger partial charge in [0, 0.05) is 18.5 Å². The third-order valence-corrected chi connectivity index (χ3v) is 4.04. The van der Waals surface area contributed by atoms with E-state index in [2.05, 4.69) is 6.92 Å². The van der Waals surface area contributed by atoms with E-state index in [0.29, 0.717) is 11.9 Å². The summed E-state index contributed by atoms with van der Waals surface area (Å²) in [5, 5.41) is 0. The molecule has 2 nitrogen and oxygen atoms in total. The van der Waals surface area contributed by atoms with E-state index in [1.54, 1.807) is 0 Å². The molecule has 1 unspecified atom stereocenters. The number of hydrogen-bond acceptors (Lipinski definition) is 1. The van der Waals surface area contributed by atoms with E-state index in [0.717, 1.165) is 19.3 Å². The van der Waals surface area contributed by atoms with Crippen molar-refractivity contribution in [3.8, 4) is 0 Å². The van der Waals surface area contributed by atoms with E-state index in [9.17, 15) is 4.79 Å². The van der Waals surface area contributed by atoms with Gasteiger partial charge in [0.1, 0.15) is 0 Å². The molecule has 0 aromatic heterocycles. The predicted molar refractivity (Wildman–Crippen MR) is 52.4 cm³/mol. The molecular weight excluding hydrogens is 162 g/mol. The summed E-state index contributed by atoms with van der Waals surface area (Å²) in [6.07, 6.45) is 7.13. The molecular formula is C11H19NO. The molecule has 2 aliphatic rings. The topological polar surface area (TPSA) is 20.3 Å². The van der Waals surface area contributed by atoms with Crippen LogP contribution >= 0.6 is 0 Å². The van der Waals surface area contributed by atoms with E-state index < -0.39 is 0 Å². The lowest BCUT2D eigenvalue weighted by molar-refractivity contribution is -0.147. The number of nitrogens with zero attached hydrogens (tertiary/aromatic N) is 1. The Morgan fingerprint density at radius 3 is 2.54 bits per heavy atom. The van der Waals surface area contributed by atoms with Gasteiger partial charge in [-0.25, -0.2) is 0 Å². The molecule has 0 aromatic rings. The molecule has 1 saturated heterocycles. The van der Waals surface area contributed by atoms with Gasteiger partial charge in [0.2, 0.25) is 5.91 Å². The third-order valence-electron chi connectivity index (χ3n) is 4.04. The van der Waals surface area contributed by atoms with Crippen LogP contribution in [0.5, 0.6) is 0 Å². The van der Waals surface area contributed by atoms with Gasteiger partial charge in [0.15, 0.2) is 0 Å². The molecule has 1 aliphatic heterocycles. The number of carbonyl (C=O) groups is 1. The van der Waals surface area contributed by atoms with Crippen LogP contribution in [0.3, 0.4) is 0 Å². The lowest BCUT2D eigenvalue weighted by Gasteiger charge is -2.41. The number of piperidine rings is 1. The highest BCUT2D eigenvalue weighted by Gasteiger charge is 2.46. The van der Waals surface area contributed by atoms with Crippen LogP contribution < -0.4 is 0 Å². The Bertz CT molecular complexity index is 218. The maximum atomic E-state index is 12.1. The average molecular weight is 181 g/mol. The van der Waals surface area contributed by atoms with E-state index in [-0.39, 0.29) is 5.41 Å². The Hall–Kier alpha value is -0.530. The van der Waals surface area contributed by atoms with Crippen molar-refractivity contribution in [2.24, 2.45) is 5.41 Å². The molecule has 0 N–H and O–H groups in total. The van der Waals surface area contributed by atoms with Crippen molar-refractivity contribution < 1.29 is 4.79 Å². The summed E-state index contributed by atoms with van der Waals surface area (Å²) in [5.74, 6) is 0.420. The molecule has 0 radical (unpaired) electrons. The largest absolute Gasteiger partial charge is 0.343 e. The minimum atomic E-state index is 0.0707. The molecule has 2 heteroatoms. The van der Waals surface area contributed by atoms with Crippen LogP contribution in [-0.2, 0) is 4.79 Å². The number of hydrogen-bond donors (Lipinski definition) is 0. The number of rotatable bonds is 0. The summed E-state index contributed by atoms with van der Waals surface area (Å²) >= 11 is 0. The van der Waals surface area contributed by atoms with Crippen LogP contribution in [0.25, 0.3) is 0 Å². The van der Waals surface area contributed by atoms with Crippen molar-refractivity contribution in [2.75, 3.05) is 7.05 Å². The maximum absolute atomic E-state index is 12.1. The fourth-order valence-corrected chi connectivity index (χ4v) is 2.88. The molecule has 1 atom stereocenters. The van der Waals surface area contributed by atoms with Crippen LogP contribution in [0.2, 0.25) is 0 Å². The smallest absolute Gasteiger partial charge is 0.228 e. The van der Waals surface area contributed by atoms with Crippen molar-refractivity contribution in [1.29, 1.82) is 0 Å². The second kappa shape index (κ2) is 3.00. The highest BCUT2D eigenvalue weighted by atomic mass is 16.2. The van der Waals surface area contributed by atoms with Crippen molar-refractivity contribution in [2.45, 2.75) is 51.5 Å². The highest BCUT2D eigenvalue weighted by molar-refractivity contribution is 5.83. The summed E-state index contributed by atoms with van der Waals surface area (Å²) in [6.45, 7) is 2.15. The maximum Gasteiger partial charge on any atom is 0.228 e. The number of amides is 1. The second-order valence-corrected chi connectivity index (χ2v) is 4.79. The first-order valence-electron chi connectivity index (χ1n) is 5.43. The van der Waals surface area contributed by atoms with Crippen LogP contribution in [0.1, 0.15) is 45.4 Å². The van der Waals surface area contributed by atoms with Crippen LogP contribution in [0, 0.1) is 5.41 Å². The first-order chi connectivity index (χ1) is 6.16. The summed E-state index contributed by atoms with van der Waals surface area (Å²) in [6, 6.07) is 0.457. The molecule has 1 heterocycles. The zero-order valence-corrected chi connectivity index (χ0v) is 8.68. The van der Waals surface area contributed by atoms with E-state index in [1.807, 2.05) is 11.9 Å². The molecule has 13 heavy (non-hydrogen) atoms. The summed E-state index contributed by atoms with van der Waals surface area (Å²) in [5.41, 5.74) is 0.0707. The number of likely N-dealkylation sites (tertiary alicyclic amines) is 1. The Morgan fingerprint density at radius 1 is 1.31 bits per heavy atom. The van der Waals surface area contributed by atoms with Crippen molar-refractivity contribution in [3.63, 3.8) is 0 Å². The molecule has 1 spiro atoms. The third kappa shape index (κ3) is 1.27. The molecule has 74 valence electrons. The quantitative estimate of drug-likeness (QED) is 0.561. The van der Waals surface area contributed by atoms with Gasteiger partial charge in [-0.2, -0.15) is 0 Å². The van der Waals surface area contributed by atoms with Crippen molar-refractivity contribution in [1.82, 2.24) is 4.90 Å². The molecule has 2 fully saturated rings. The van der Waals surface area contributed by atoms with Crippen molar-refractivity contribution >= 4 is 5.91 Å². The van der Waals surface area contributed by atoms with Gasteiger partial charge >= 0.3 is 0 Å². The van der Waals surface area contributed by atoms with E-state index in [4.69, 9.17) is 0 Å². The van der Waals surface area contributed by atoms with Gasteiger partial charge in [0.05, 0.1) is 0 Å². The van der Waals surface area contributed by atoms with Gasteiger partial charge in [0.25, 0.3) is 0 Å². The Kier molecular flexibility index (Phi) is 2.09. The Labute approximate surface area is 80.3 Å². The minimum absolute atomic E-state index is 0.0707. The van der Waals surface area contributed by atoms with Gasteiger partial charge < -0.3 is 4.90 Å². The molecule has 0 bridgehead atoms. The van der Waals surface area contributed by atoms with E-state index in [1.165, 1.54) is 19.3 Å². The van der Waals surface area contributed by atoms with Crippen molar-refractivity contribution in [3.05, 3.63) is 0 Å². The normalized spacial score (nSPS) is 32.9. The van der Waals surface area contributed by atoms with Gasteiger partial charge in [-0.15, -0.1) is 0 Å². The molecule has 2 rings (SSSR count). The molecule has 1 aliphatic carbocycles. The molecule has 0 aromatic carbocycles. The fourth-order valence-electron chi connectivity index (χ4n) is 2.88. The summed E-state index contributed by atoms with van der Waals surface area (Å²) in [4.78, 5) is 14.1. The highest BCUT2D eigenvalue weighted by Crippen LogP contribution is 2.46. The SMILES string of the molecule is CC1CCC2(CCCC2)C(=O)N1C. The van der Waals surface area contributed by atoms with E-state index >= 15 is 0 Å². The monoisotopic (exact) mass is 181 g/mol. The minimum Gasteiger partial charge on any atom is -0.343 e. The molecule has 1 saturated carbocycles. The first kappa shape index (κ1) is 9.04. The lowest BCUT2D eigenvalue weighted by atomic mass is 9.76. The first-order valence-corrected chi connectivity index (χ1v) is 5.43. The Balaban J connectivity index is 2.18. The Morgan fingerprint density at radius 2 is 1.92 bits per heavy atom. The second-order valence-electron chi connectivity index (χ2n) is 4.79. The zero-order valence-electron chi connectivity index (χ0n) is 8.68. The average Bonchev–Trinajstić information content (AvgIpc) is 2.59.